The van der Waals surface area contributed by atoms with Crippen molar-refractivity contribution < 1.29 is 4.74 Å². The second kappa shape index (κ2) is 5.93. The molecule has 0 fully saturated rings. The normalized spacial score (nSPS) is 10.5. The number of thiazole rings is 1. The van der Waals surface area contributed by atoms with Crippen LogP contribution in [0.5, 0.6) is 5.75 Å². The van der Waals surface area contributed by atoms with E-state index in [0.29, 0.717) is 5.13 Å². The van der Waals surface area contributed by atoms with Gasteiger partial charge in [-0.3, -0.25) is 4.98 Å². The van der Waals surface area contributed by atoms with E-state index in [1.807, 2.05) is 36.4 Å². The van der Waals surface area contributed by atoms with Gasteiger partial charge in [-0.2, -0.15) is 0 Å². The average Bonchev–Trinajstić information content (AvgIpc) is 2.89. The summed E-state index contributed by atoms with van der Waals surface area (Å²) < 4.78 is 5.26. The van der Waals surface area contributed by atoms with Crippen molar-refractivity contribution in [2.45, 2.75) is 6.42 Å². The maximum Gasteiger partial charge on any atom is 0.180 e. The monoisotopic (exact) mass is 297 g/mol. The van der Waals surface area contributed by atoms with E-state index in [9.17, 15) is 0 Å². The minimum Gasteiger partial charge on any atom is -0.497 e. The molecular formula is C16H15N3OS. The molecule has 2 aromatic heterocycles. The van der Waals surface area contributed by atoms with Crippen molar-refractivity contribution in [3.63, 3.8) is 0 Å². The average molecular weight is 297 g/mol. The maximum atomic E-state index is 5.88. The number of rotatable bonds is 4. The molecule has 0 saturated heterocycles. The van der Waals surface area contributed by atoms with Gasteiger partial charge in [0.1, 0.15) is 11.4 Å². The largest absolute Gasteiger partial charge is 0.497 e. The van der Waals surface area contributed by atoms with Crippen LogP contribution < -0.4 is 10.5 Å². The molecule has 21 heavy (non-hydrogen) atoms. The second-order valence-electron chi connectivity index (χ2n) is 4.57. The predicted molar refractivity (Wildman–Crippen MR) is 85.6 cm³/mol. The zero-order valence-electron chi connectivity index (χ0n) is 11.6. The van der Waals surface area contributed by atoms with E-state index < -0.39 is 0 Å². The number of nitrogen functional groups attached to an aromatic ring is 1. The summed E-state index contributed by atoms with van der Waals surface area (Å²) in [6, 6.07) is 13.8. The third-order valence-electron chi connectivity index (χ3n) is 3.12. The first-order valence-corrected chi connectivity index (χ1v) is 7.37. The van der Waals surface area contributed by atoms with Crippen LogP contribution in [0.25, 0.3) is 11.4 Å². The highest BCUT2D eigenvalue weighted by atomic mass is 32.1. The summed E-state index contributed by atoms with van der Waals surface area (Å²) in [6.45, 7) is 0. The number of aromatic nitrogens is 2. The number of benzene rings is 1. The van der Waals surface area contributed by atoms with Gasteiger partial charge in [0.05, 0.1) is 12.8 Å². The Morgan fingerprint density at radius 1 is 1.19 bits per heavy atom. The molecule has 5 heteroatoms. The van der Waals surface area contributed by atoms with E-state index in [0.717, 1.165) is 34.0 Å². The zero-order valence-corrected chi connectivity index (χ0v) is 12.4. The summed E-state index contributed by atoms with van der Waals surface area (Å²) in [5.41, 5.74) is 8.76. The molecule has 1 aromatic carbocycles. The summed E-state index contributed by atoms with van der Waals surface area (Å²) >= 11 is 1.50. The Balaban J connectivity index is 1.96. The van der Waals surface area contributed by atoms with Crippen LogP contribution in [0.1, 0.15) is 10.4 Å². The number of methoxy groups -OCH3 is 1. The molecule has 0 aliphatic rings. The van der Waals surface area contributed by atoms with Crippen LogP contribution >= 0.6 is 11.3 Å². The summed E-state index contributed by atoms with van der Waals surface area (Å²) in [7, 11) is 1.67. The first-order valence-electron chi connectivity index (χ1n) is 6.56. The summed E-state index contributed by atoms with van der Waals surface area (Å²) in [4.78, 5) is 9.90. The predicted octanol–water partition coefficient (Wildman–Crippen LogP) is 3.39. The van der Waals surface area contributed by atoms with E-state index in [1.165, 1.54) is 11.3 Å². The van der Waals surface area contributed by atoms with Crippen molar-refractivity contribution in [2.75, 3.05) is 12.8 Å². The Morgan fingerprint density at radius 2 is 2.10 bits per heavy atom. The molecule has 0 amide bonds. The van der Waals surface area contributed by atoms with Gasteiger partial charge in [-0.05, 0) is 29.8 Å². The molecule has 3 aromatic rings. The van der Waals surface area contributed by atoms with E-state index >= 15 is 0 Å². The van der Waals surface area contributed by atoms with Crippen molar-refractivity contribution >= 4 is 16.5 Å². The first-order chi connectivity index (χ1) is 10.3. The third-order valence-corrected chi connectivity index (χ3v) is 4.00. The molecule has 0 radical (unpaired) electrons. The molecule has 106 valence electrons. The molecule has 0 aliphatic heterocycles. The fourth-order valence-corrected chi connectivity index (χ4v) is 3.04. The lowest BCUT2D eigenvalue weighted by molar-refractivity contribution is 0.414. The van der Waals surface area contributed by atoms with Crippen LogP contribution in [0.4, 0.5) is 5.13 Å². The Kier molecular flexibility index (Phi) is 3.83. The lowest BCUT2D eigenvalue weighted by atomic mass is 10.1. The summed E-state index contributed by atoms with van der Waals surface area (Å²) in [6.07, 6.45) is 2.53. The Morgan fingerprint density at radius 3 is 2.86 bits per heavy atom. The van der Waals surface area contributed by atoms with Crippen LogP contribution in [0.2, 0.25) is 0 Å². The topological polar surface area (TPSA) is 61.0 Å². The van der Waals surface area contributed by atoms with Crippen molar-refractivity contribution in [1.29, 1.82) is 0 Å². The van der Waals surface area contributed by atoms with Gasteiger partial charge < -0.3 is 10.5 Å². The van der Waals surface area contributed by atoms with Crippen molar-refractivity contribution in [1.82, 2.24) is 9.97 Å². The molecule has 2 N–H and O–H groups in total. The van der Waals surface area contributed by atoms with Gasteiger partial charge in [0.2, 0.25) is 0 Å². The van der Waals surface area contributed by atoms with E-state index in [-0.39, 0.29) is 0 Å². The van der Waals surface area contributed by atoms with E-state index in [1.54, 1.807) is 13.3 Å². The van der Waals surface area contributed by atoms with Crippen LogP contribution in [-0.4, -0.2) is 17.1 Å². The minimum absolute atomic E-state index is 0.563. The van der Waals surface area contributed by atoms with Crippen LogP contribution in [-0.2, 0) is 6.42 Å². The van der Waals surface area contributed by atoms with E-state index in [4.69, 9.17) is 10.5 Å². The van der Waals surface area contributed by atoms with Gasteiger partial charge >= 0.3 is 0 Å². The molecule has 0 saturated carbocycles. The van der Waals surface area contributed by atoms with Gasteiger partial charge in [0.25, 0.3) is 0 Å². The molecule has 0 atom stereocenters. The van der Waals surface area contributed by atoms with Crippen LogP contribution in [0.3, 0.4) is 0 Å². The Labute approximate surface area is 127 Å². The molecule has 0 spiro atoms. The highest BCUT2D eigenvalue weighted by molar-refractivity contribution is 7.15. The number of pyridine rings is 1. The molecule has 0 aliphatic carbocycles. The fourth-order valence-electron chi connectivity index (χ4n) is 2.16. The van der Waals surface area contributed by atoms with Gasteiger partial charge in [0.15, 0.2) is 5.13 Å². The molecule has 3 rings (SSSR count). The van der Waals surface area contributed by atoms with Gasteiger partial charge in [-0.15, -0.1) is 11.3 Å². The maximum absolute atomic E-state index is 5.88. The van der Waals surface area contributed by atoms with Gasteiger partial charge in [-0.1, -0.05) is 18.2 Å². The highest BCUT2D eigenvalue weighted by Crippen LogP contribution is 2.30. The zero-order chi connectivity index (χ0) is 14.7. The van der Waals surface area contributed by atoms with Crippen molar-refractivity contribution in [3.05, 3.63) is 59.1 Å². The highest BCUT2D eigenvalue weighted by Gasteiger charge is 2.13. The lowest BCUT2D eigenvalue weighted by Gasteiger charge is -2.04. The van der Waals surface area contributed by atoms with Gasteiger partial charge in [-0.25, -0.2) is 4.98 Å². The lowest BCUT2D eigenvalue weighted by Crippen LogP contribution is -1.92. The van der Waals surface area contributed by atoms with Gasteiger partial charge in [0, 0.05) is 17.5 Å². The molecular weight excluding hydrogens is 282 g/mol. The fraction of sp³-hybridized carbons (Fsp3) is 0.125. The van der Waals surface area contributed by atoms with Crippen LogP contribution in [0, 0.1) is 0 Å². The smallest absolute Gasteiger partial charge is 0.180 e. The van der Waals surface area contributed by atoms with Crippen molar-refractivity contribution in [2.24, 2.45) is 0 Å². The standard InChI is InChI=1S/C16H15N3OS/c1-20-12-6-4-5-11(9-12)10-14-15(19-16(17)21-14)13-7-2-3-8-18-13/h2-9H,10H2,1H3,(H2,17,19). The first kappa shape index (κ1) is 13.6. The summed E-state index contributed by atoms with van der Waals surface area (Å²) in [5, 5.41) is 0.563. The Bertz CT molecular complexity index is 740. The third kappa shape index (κ3) is 3.03. The SMILES string of the molecule is COc1cccc(Cc2sc(N)nc2-c2ccccn2)c1. The number of nitrogens with two attached hydrogens (primary N) is 1. The van der Waals surface area contributed by atoms with Crippen molar-refractivity contribution in [3.8, 4) is 17.1 Å². The molecule has 4 nitrogen and oxygen atoms in total. The number of hydrogen-bond donors (Lipinski definition) is 1. The number of anilines is 1. The quantitative estimate of drug-likeness (QED) is 0.802. The van der Waals surface area contributed by atoms with E-state index in [2.05, 4.69) is 16.0 Å². The molecule has 2 heterocycles. The minimum atomic E-state index is 0.563. The number of nitrogens with zero attached hydrogens (tertiary/aromatic N) is 2. The number of ether oxygens (including phenoxy) is 1. The Hall–Kier alpha value is -2.40. The number of hydrogen-bond acceptors (Lipinski definition) is 5. The second-order valence-corrected chi connectivity index (χ2v) is 5.68. The summed E-state index contributed by atoms with van der Waals surface area (Å²) in [5.74, 6) is 0.851. The molecule has 0 unspecified atom stereocenters. The molecule has 0 bridgehead atoms. The van der Waals surface area contributed by atoms with Crippen LogP contribution in [0.15, 0.2) is 48.7 Å².